The Morgan fingerprint density at radius 3 is 2.79 bits per heavy atom. The van der Waals surface area contributed by atoms with Gasteiger partial charge in [0.25, 0.3) is 0 Å². The van der Waals surface area contributed by atoms with Crippen LogP contribution in [0.4, 0.5) is 0 Å². The molecule has 1 fully saturated rings. The second-order valence-electron chi connectivity index (χ2n) is 4.80. The number of hydrogen-bond donors (Lipinski definition) is 1. The van der Waals surface area contributed by atoms with Gasteiger partial charge in [-0.15, -0.1) is 0 Å². The quantitative estimate of drug-likeness (QED) is 0.517. The highest BCUT2D eigenvalue weighted by atomic mass is 32.2. The van der Waals surface area contributed by atoms with Crippen LogP contribution in [0.3, 0.4) is 0 Å². The number of ether oxygens (including phenoxy) is 2. The van der Waals surface area contributed by atoms with Crippen LogP contribution in [0.2, 0.25) is 0 Å². The molecule has 2 aliphatic heterocycles. The number of rotatable bonds is 6. The summed E-state index contributed by atoms with van der Waals surface area (Å²) in [6.45, 7) is 2.02. The molecular formula is C14H17N3O6S. The minimum atomic E-state index is -0.634. The van der Waals surface area contributed by atoms with E-state index in [1.807, 2.05) is 0 Å². The van der Waals surface area contributed by atoms with Crippen molar-refractivity contribution in [3.05, 3.63) is 11.1 Å². The van der Waals surface area contributed by atoms with Crippen molar-refractivity contribution in [2.45, 2.75) is 19.8 Å². The van der Waals surface area contributed by atoms with Gasteiger partial charge in [0.2, 0.25) is 11.8 Å². The van der Waals surface area contributed by atoms with Gasteiger partial charge in [-0.3, -0.25) is 9.59 Å². The van der Waals surface area contributed by atoms with Gasteiger partial charge in [-0.2, -0.15) is 5.10 Å². The van der Waals surface area contributed by atoms with Crippen molar-refractivity contribution in [3.63, 3.8) is 0 Å². The SMILES string of the molecule is CCOC(=O)/C=C1\SCC(=O)N1CCOC(=O)C1=NNC(=O)CC1. The first-order valence-electron chi connectivity index (χ1n) is 7.35. The van der Waals surface area contributed by atoms with Crippen LogP contribution in [-0.2, 0) is 28.7 Å². The first-order valence-corrected chi connectivity index (χ1v) is 8.34. The number of carbonyl (C=O) groups is 4. The topological polar surface area (TPSA) is 114 Å². The molecule has 1 saturated heterocycles. The molecule has 24 heavy (non-hydrogen) atoms. The molecule has 0 aromatic heterocycles. The van der Waals surface area contributed by atoms with Crippen molar-refractivity contribution in [1.82, 2.24) is 10.3 Å². The molecule has 0 spiro atoms. The van der Waals surface area contributed by atoms with Crippen LogP contribution in [0.25, 0.3) is 0 Å². The van der Waals surface area contributed by atoms with Crippen molar-refractivity contribution in [1.29, 1.82) is 0 Å². The zero-order valence-electron chi connectivity index (χ0n) is 13.1. The van der Waals surface area contributed by atoms with E-state index in [9.17, 15) is 19.2 Å². The number of nitrogens with one attached hydrogen (secondary N) is 1. The highest BCUT2D eigenvalue weighted by Gasteiger charge is 2.28. The molecule has 10 heteroatoms. The summed E-state index contributed by atoms with van der Waals surface area (Å²) in [5.74, 6) is -1.36. The number of thioether (sulfide) groups is 1. The largest absolute Gasteiger partial charge is 0.463 e. The Kier molecular flexibility index (Phi) is 6.36. The molecule has 2 amide bonds. The maximum absolute atomic E-state index is 11.8. The van der Waals surface area contributed by atoms with E-state index < -0.39 is 11.9 Å². The van der Waals surface area contributed by atoms with E-state index in [0.29, 0.717) is 5.03 Å². The zero-order chi connectivity index (χ0) is 17.5. The summed E-state index contributed by atoms with van der Waals surface area (Å²) in [4.78, 5) is 47.5. The third-order valence-electron chi connectivity index (χ3n) is 3.13. The lowest BCUT2D eigenvalue weighted by molar-refractivity contribution is -0.139. The van der Waals surface area contributed by atoms with E-state index in [-0.39, 0.29) is 55.9 Å². The Labute approximate surface area is 142 Å². The molecule has 0 aromatic carbocycles. The molecule has 2 heterocycles. The molecule has 2 rings (SSSR count). The number of nitrogens with zero attached hydrogens (tertiary/aromatic N) is 2. The number of esters is 2. The molecular weight excluding hydrogens is 338 g/mol. The molecule has 130 valence electrons. The Hall–Kier alpha value is -2.36. The van der Waals surface area contributed by atoms with E-state index in [0.717, 1.165) is 0 Å². The summed E-state index contributed by atoms with van der Waals surface area (Å²) in [6, 6.07) is 0. The Bertz CT molecular complexity index is 616. The fourth-order valence-electron chi connectivity index (χ4n) is 1.99. The Balaban J connectivity index is 1.85. The van der Waals surface area contributed by atoms with Gasteiger partial charge in [0.15, 0.2) is 0 Å². The van der Waals surface area contributed by atoms with Crippen LogP contribution in [0.15, 0.2) is 16.2 Å². The molecule has 2 aliphatic rings. The lowest BCUT2D eigenvalue weighted by Crippen LogP contribution is -2.33. The van der Waals surface area contributed by atoms with Gasteiger partial charge in [-0.1, -0.05) is 11.8 Å². The highest BCUT2D eigenvalue weighted by Crippen LogP contribution is 2.28. The third-order valence-corrected chi connectivity index (χ3v) is 4.15. The van der Waals surface area contributed by atoms with Crippen molar-refractivity contribution >= 4 is 41.2 Å². The molecule has 1 N–H and O–H groups in total. The summed E-state index contributed by atoms with van der Waals surface area (Å²) >= 11 is 1.22. The number of carbonyl (C=O) groups excluding carboxylic acids is 4. The van der Waals surface area contributed by atoms with Crippen LogP contribution in [0, 0.1) is 0 Å². The van der Waals surface area contributed by atoms with Gasteiger partial charge in [0.05, 0.1) is 30.0 Å². The van der Waals surface area contributed by atoms with Gasteiger partial charge in [-0.05, 0) is 6.92 Å². The maximum atomic E-state index is 11.8. The van der Waals surface area contributed by atoms with Crippen molar-refractivity contribution < 1.29 is 28.7 Å². The van der Waals surface area contributed by atoms with Crippen LogP contribution < -0.4 is 5.43 Å². The highest BCUT2D eigenvalue weighted by molar-refractivity contribution is 8.04. The van der Waals surface area contributed by atoms with E-state index in [1.165, 1.54) is 22.7 Å². The standard InChI is InChI=1S/C14H17N3O6S/c1-2-22-13(20)7-12-17(11(19)8-24-12)5-6-23-14(21)9-3-4-10(18)16-15-9/h7H,2-6,8H2,1H3,(H,16,18)/b12-7-. The molecule has 0 radical (unpaired) electrons. The molecule has 0 atom stereocenters. The van der Waals surface area contributed by atoms with Crippen LogP contribution >= 0.6 is 11.8 Å². The summed E-state index contributed by atoms with van der Waals surface area (Å²) in [5, 5.41) is 4.11. The van der Waals surface area contributed by atoms with Crippen LogP contribution in [0.5, 0.6) is 0 Å². The predicted molar refractivity (Wildman–Crippen MR) is 84.7 cm³/mol. The zero-order valence-corrected chi connectivity index (χ0v) is 13.9. The monoisotopic (exact) mass is 355 g/mol. The van der Waals surface area contributed by atoms with Gasteiger partial charge in [0.1, 0.15) is 12.3 Å². The lowest BCUT2D eigenvalue weighted by Gasteiger charge is -2.17. The van der Waals surface area contributed by atoms with E-state index >= 15 is 0 Å². The molecule has 0 aliphatic carbocycles. The summed E-state index contributed by atoms with van der Waals surface area (Å²) in [7, 11) is 0. The summed E-state index contributed by atoms with van der Waals surface area (Å²) < 4.78 is 9.88. The van der Waals surface area contributed by atoms with E-state index in [1.54, 1.807) is 6.92 Å². The van der Waals surface area contributed by atoms with Gasteiger partial charge >= 0.3 is 11.9 Å². The average molecular weight is 355 g/mol. The fraction of sp³-hybridized carbons (Fsp3) is 0.500. The van der Waals surface area contributed by atoms with E-state index in [2.05, 4.69) is 10.5 Å². The Morgan fingerprint density at radius 1 is 1.33 bits per heavy atom. The molecule has 0 bridgehead atoms. The van der Waals surface area contributed by atoms with Gasteiger partial charge < -0.3 is 14.4 Å². The molecule has 9 nitrogen and oxygen atoms in total. The van der Waals surface area contributed by atoms with Crippen LogP contribution in [-0.4, -0.2) is 59.9 Å². The summed E-state index contributed by atoms with van der Waals surface area (Å²) in [6.07, 6.45) is 1.65. The lowest BCUT2D eigenvalue weighted by atomic mass is 10.2. The van der Waals surface area contributed by atoms with Gasteiger partial charge in [0, 0.05) is 12.8 Å². The minimum Gasteiger partial charge on any atom is -0.463 e. The van der Waals surface area contributed by atoms with Crippen molar-refractivity contribution in [3.8, 4) is 0 Å². The summed E-state index contributed by atoms with van der Waals surface area (Å²) in [5.41, 5.74) is 2.35. The fourth-order valence-corrected chi connectivity index (χ4v) is 2.94. The average Bonchev–Trinajstić information content (AvgIpc) is 2.88. The number of amides is 2. The third kappa shape index (κ3) is 4.82. The smallest absolute Gasteiger partial charge is 0.354 e. The molecule has 0 saturated carbocycles. The van der Waals surface area contributed by atoms with Crippen LogP contribution in [0.1, 0.15) is 19.8 Å². The van der Waals surface area contributed by atoms with E-state index in [4.69, 9.17) is 9.47 Å². The molecule has 0 aromatic rings. The van der Waals surface area contributed by atoms with Crippen molar-refractivity contribution in [2.75, 3.05) is 25.5 Å². The Morgan fingerprint density at radius 2 is 2.12 bits per heavy atom. The first kappa shape index (κ1) is 18.0. The second-order valence-corrected chi connectivity index (χ2v) is 5.79. The second kappa shape index (κ2) is 8.48. The van der Waals surface area contributed by atoms with Gasteiger partial charge in [-0.25, -0.2) is 15.0 Å². The molecule has 0 unspecified atom stereocenters. The minimum absolute atomic E-state index is 0.0434. The first-order chi connectivity index (χ1) is 11.5. The maximum Gasteiger partial charge on any atom is 0.354 e. The number of hydrogen-bond acceptors (Lipinski definition) is 8. The number of hydrazone groups is 1. The normalized spacial score (nSPS) is 19.1. The predicted octanol–water partition coefficient (Wildman–Crippen LogP) is -0.225. The van der Waals surface area contributed by atoms with Crippen molar-refractivity contribution in [2.24, 2.45) is 5.10 Å².